The fourth-order valence-corrected chi connectivity index (χ4v) is 4.13. The second-order valence-corrected chi connectivity index (χ2v) is 8.16. The van der Waals surface area contributed by atoms with Crippen LogP contribution in [0, 0.1) is 0 Å². The molecule has 1 atom stereocenters. The molecule has 3 amide bonds. The topological polar surface area (TPSA) is 117 Å². The van der Waals surface area contributed by atoms with Gasteiger partial charge in [-0.2, -0.15) is 0 Å². The third-order valence-corrected chi connectivity index (χ3v) is 5.98. The molecule has 0 radical (unpaired) electrons. The van der Waals surface area contributed by atoms with Gasteiger partial charge in [-0.05, 0) is 30.9 Å². The van der Waals surface area contributed by atoms with Gasteiger partial charge in [-0.25, -0.2) is 9.97 Å². The predicted molar refractivity (Wildman–Crippen MR) is 125 cm³/mol. The second-order valence-electron chi connectivity index (χ2n) is 8.16. The van der Waals surface area contributed by atoms with E-state index in [-0.39, 0.29) is 29.4 Å². The average Bonchev–Trinajstić information content (AvgIpc) is 3.41. The van der Waals surface area contributed by atoms with Gasteiger partial charge in [0.2, 0.25) is 5.91 Å². The number of aromatic nitrogens is 2. The first kappa shape index (κ1) is 23.2. The molecule has 1 aliphatic heterocycles. The molecule has 1 fully saturated rings. The summed E-state index contributed by atoms with van der Waals surface area (Å²) in [7, 11) is 0. The van der Waals surface area contributed by atoms with Crippen molar-refractivity contribution < 1.29 is 18.8 Å². The van der Waals surface area contributed by atoms with Crippen LogP contribution in [0.15, 0.2) is 65.7 Å². The van der Waals surface area contributed by atoms with E-state index in [9.17, 15) is 14.4 Å². The molecule has 4 rings (SSSR count). The predicted octanol–water partition coefficient (Wildman–Crippen LogP) is 3.24. The molecule has 1 unspecified atom stereocenters. The fourth-order valence-electron chi connectivity index (χ4n) is 4.13. The zero-order chi connectivity index (χ0) is 23.9. The van der Waals surface area contributed by atoms with E-state index in [0.717, 1.165) is 12.0 Å². The maximum absolute atomic E-state index is 13.1. The number of benzene rings is 1. The Hall–Kier alpha value is -4.01. The third kappa shape index (κ3) is 5.31. The number of nitrogens with one attached hydrogen (secondary N) is 2. The number of likely N-dealkylation sites (tertiary alicyclic amines) is 1. The number of anilines is 1. The lowest BCUT2D eigenvalue weighted by Crippen LogP contribution is -2.48. The molecule has 0 spiro atoms. The van der Waals surface area contributed by atoms with Gasteiger partial charge in [-0.1, -0.05) is 37.3 Å². The molecule has 1 aromatic carbocycles. The average molecular weight is 462 g/mol. The summed E-state index contributed by atoms with van der Waals surface area (Å²) in [5.74, 6) is -0.826. The summed E-state index contributed by atoms with van der Waals surface area (Å²) >= 11 is 0. The Morgan fingerprint density at radius 2 is 1.79 bits per heavy atom. The summed E-state index contributed by atoms with van der Waals surface area (Å²) in [6.07, 6.45) is 7.51. The van der Waals surface area contributed by atoms with Gasteiger partial charge in [0, 0.05) is 31.5 Å². The van der Waals surface area contributed by atoms with E-state index in [0.29, 0.717) is 31.5 Å². The van der Waals surface area contributed by atoms with Gasteiger partial charge in [0.25, 0.3) is 11.8 Å². The number of furan rings is 1. The van der Waals surface area contributed by atoms with Gasteiger partial charge < -0.3 is 20.0 Å². The summed E-state index contributed by atoms with van der Waals surface area (Å²) in [4.78, 5) is 48.4. The molecule has 0 bridgehead atoms. The van der Waals surface area contributed by atoms with Crippen LogP contribution in [-0.4, -0.2) is 51.7 Å². The van der Waals surface area contributed by atoms with Gasteiger partial charge in [0.05, 0.1) is 17.7 Å². The van der Waals surface area contributed by atoms with Crippen LogP contribution in [0.5, 0.6) is 0 Å². The molecule has 34 heavy (non-hydrogen) atoms. The maximum atomic E-state index is 13.1. The lowest BCUT2D eigenvalue weighted by atomic mass is 9.93. The van der Waals surface area contributed by atoms with Gasteiger partial charge in [-0.3, -0.25) is 14.4 Å². The molecule has 0 aliphatic carbocycles. The molecular weight excluding hydrogens is 434 g/mol. The first-order valence-corrected chi connectivity index (χ1v) is 11.4. The van der Waals surface area contributed by atoms with E-state index in [2.05, 4.69) is 20.6 Å². The zero-order valence-electron chi connectivity index (χ0n) is 18.9. The Morgan fingerprint density at radius 3 is 2.47 bits per heavy atom. The summed E-state index contributed by atoms with van der Waals surface area (Å²) in [6, 6.07) is 11.2. The lowest BCUT2D eigenvalue weighted by molar-refractivity contribution is -0.134. The molecule has 2 N–H and O–H groups in total. The van der Waals surface area contributed by atoms with E-state index in [1.54, 1.807) is 0 Å². The number of carbonyl (C=O) groups is 3. The Morgan fingerprint density at radius 1 is 1.06 bits per heavy atom. The highest BCUT2D eigenvalue weighted by Gasteiger charge is 2.29. The van der Waals surface area contributed by atoms with Crippen LogP contribution in [0.3, 0.4) is 0 Å². The van der Waals surface area contributed by atoms with Crippen molar-refractivity contribution in [3.05, 3.63) is 78.1 Å². The highest BCUT2D eigenvalue weighted by molar-refractivity contribution is 6.07. The number of rotatable bonds is 7. The van der Waals surface area contributed by atoms with Crippen molar-refractivity contribution in [3.63, 3.8) is 0 Å². The molecule has 1 saturated heterocycles. The molecule has 0 saturated carbocycles. The SMILES string of the molecule is CCC(C(=O)N1CCC(NC(=O)c2nccnc2NC(=O)c2ccoc2)CC1)c1ccccc1. The molecule has 176 valence electrons. The quantitative estimate of drug-likeness (QED) is 0.558. The van der Waals surface area contributed by atoms with Gasteiger partial charge >= 0.3 is 0 Å². The van der Waals surface area contributed by atoms with Crippen LogP contribution in [0.4, 0.5) is 5.82 Å². The van der Waals surface area contributed by atoms with Crippen molar-refractivity contribution in [2.45, 2.75) is 38.1 Å². The summed E-state index contributed by atoms with van der Waals surface area (Å²) < 4.78 is 4.92. The minimum Gasteiger partial charge on any atom is -0.472 e. The Balaban J connectivity index is 1.34. The number of piperidine rings is 1. The smallest absolute Gasteiger partial charge is 0.273 e. The van der Waals surface area contributed by atoms with Gasteiger partial charge in [-0.15, -0.1) is 0 Å². The number of hydrogen-bond acceptors (Lipinski definition) is 6. The Labute approximate surface area is 197 Å². The van der Waals surface area contributed by atoms with Crippen LogP contribution in [-0.2, 0) is 4.79 Å². The van der Waals surface area contributed by atoms with Crippen LogP contribution in [0.2, 0.25) is 0 Å². The van der Waals surface area contributed by atoms with Crippen LogP contribution < -0.4 is 10.6 Å². The van der Waals surface area contributed by atoms with Crippen molar-refractivity contribution in [1.82, 2.24) is 20.2 Å². The molecule has 2 aromatic heterocycles. The molecular formula is C25H27N5O4. The molecule has 1 aliphatic rings. The largest absolute Gasteiger partial charge is 0.472 e. The molecule has 3 aromatic rings. The normalized spacial score (nSPS) is 14.9. The molecule has 9 nitrogen and oxygen atoms in total. The summed E-state index contributed by atoms with van der Waals surface area (Å²) in [5, 5.41) is 5.57. The summed E-state index contributed by atoms with van der Waals surface area (Å²) in [5.41, 5.74) is 1.38. The first-order valence-electron chi connectivity index (χ1n) is 11.4. The molecule has 3 heterocycles. The fraction of sp³-hybridized carbons (Fsp3) is 0.320. The van der Waals surface area contributed by atoms with Gasteiger partial charge in [0.1, 0.15) is 6.26 Å². The van der Waals surface area contributed by atoms with E-state index < -0.39 is 11.8 Å². The number of nitrogens with zero attached hydrogens (tertiary/aromatic N) is 3. The van der Waals surface area contributed by atoms with Crippen molar-refractivity contribution in [2.24, 2.45) is 0 Å². The van der Waals surface area contributed by atoms with E-state index in [1.165, 1.54) is 31.0 Å². The van der Waals surface area contributed by atoms with Gasteiger partial charge in [0.15, 0.2) is 11.5 Å². The van der Waals surface area contributed by atoms with Crippen molar-refractivity contribution >= 4 is 23.5 Å². The maximum Gasteiger partial charge on any atom is 0.273 e. The number of hydrogen-bond donors (Lipinski definition) is 2. The first-order chi connectivity index (χ1) is 16.6. The number of carbonyl (C=O) groups excluding carboxylic acids is 3. The van der Waals surface area contributed by atoms with E-state index in [4.69, 9.17) is 4.42 Å². The van der Waals surface area contributed by atoms with Crippen LogP contribution in [0.1, 0.15) is 58.5 Å². The Bertz CT molecular complexity index is 1130. The number of amides is 3. The minimum absolute atomic E-state index is 0.0352. The van der Waals surface area contributed by atoms with Crippen molar-refractivity contribution in [1.29, 1.82) is 0 Å². The standard InChI is InChI=1S/C25H27N5O4/c1-2-20(17-6-4-3-5-7-17)25(33)30-13-8-19(9-14-30)28-24(32)21-22(27-12-11-26-21)29-23(31)18-10-15-34-16-18/h3-7,10-12,15-16,19-20H,2,8-9,13-14H2,1H3,(H,28,32)(H,27,29,31). The third-order valence-electron chi connectivity index (χ3n) is 5.98. The van der Waals surface area contributed by atoms with Crippen molar-refractivity contribution in [2.75, 3.05) is 18.4 Å². The van der Waals surface area contributed by atoms with Crippen molar-refractivity contribution in [3.8, 4) is 0 Å². The Kier molecular flexibility index (Phi) is 7.31. The van der Waals surface area contributed by atoms with E-state index in [1.807, 2.05) is 42.2 Å². The summed E-state index contributed by atoms with van der Waals surface area (Å²) in [6.45, 7) is 3.15. The van der Waals surface area contributed by atoms with Crippen LogP contribution >= 0.6 is 0 Å². The lowest BCUT2D eigenvalue weighted by Gasteiger charge is -2.34. The van der Waals surface area contributed by atoms with Crippen LogP contribution in [0.25, 0.3) is 0 Å². The van der Waals surface area contributed by atoms with E-state index >= 15 is 0 Å². The highest BCUT2D eigenvalue weighted by Crippen LogP contribution is 2.24. The molecule has 9 heteroatoms. The zero-order valence-corrected chi connectivity index (χ0v) is 18.9. The minimum atomic E-state index is -0.445. The second kappa shape index (κ2) is 10.7. The monoisotopic (exact) mass is 461 g/mol. The highest BCUT2D eigenvalue weighted by atomic mass is 16.3.